The van der Waals surface area contributed by atoms with Gasteiger partial charge in [0.15, 0.2) is 0 Å². The van der Waals surface area contributed by atoms with E-state index in [1.165, 1.54) is 12.1 Å². The van der Waals surface area contributed by atoms with Crippen LogP contribution in [-0.2, 0) is 17.8 Å². The van der Waals surface area contributed by atoms with Crippen molar-refractivity contribution in [3.05, 3.63) is 65.7 Å². The van der Waals surface area contributed by atoms with Crippen LogP contribution in [0.2, 0.25) is 0 Å². The van der Waals surface area contributed by atoms with Crippen LogP contribution in [0.4, 0.5) is 4.39 Å². The van der Waals surface area contributed by atoms with E-state index in [4.69, 9.17) is 0 Å². The summed E-state index contributed by atoms with van der Waals surface area (Å²) in [5, 5.41) is 2.85. The quantitative estimate of drug-likeness (QED) is 0.779. The number of rotatable bonds is 5. The van der Waals surface area contributed by atoms with Gasteiger partial charge in [-0.15, -0.1) is 0 Å². The third-order valence-corrected chi connectivity index (χ3v) is 3.96. The summed E-state index contributed by atoms with van der Waals surface area (Å²) < 4.78 is 15.0. The second-order valence-electron chi connectivity index (χ2n) is 6.15. The van der Waals surface area contributed by atoms with E-state index < -0.39 is 0 Å². The second-order valence-corrected chi connectivity index (χ2v) is 6.15. The van der Waals surface area contributed by atoms with Crippen molar-refractivity contribution in [3.8, 4) is 0 Å². The van der Waals surface area contributed by atoms with E-state index in [0.717, 1.165) is 22.2 Å². The molecule has 1 heterocycles. The van der Waals surface area contributed by atoms with Crippen molar-refractivity contribution in [2.75, 3.05) is 0 Å². The van der Waals surface area contributed by atoms with E-state index in [0.29, 0.717) is 19.0 Å². The van der Waals surface area contributed by atoms with Gasteiger partial charge in [0, 0.05) is 12.6 Å². The van der Waals surface area contributed by atoms with E-state index in [2.05, 4.69) is 28.7 Å². The van der Waals surface area contributed by atoms with Gasteiger partial charge < -0.3 is 9.88 Å². The van der Waals surface area contributed by atoms with E-state index in [9.17, 15) is 9.18 Å². The van der Waals surface area contributed by atoms with Gasteiger partial charge in [-0.05, 0) is 49.2 Å². The number of carbonyl (C=O) groups is 1. The van der Waals surface area contributed by atoms with Crippen molar-refractivity contribution < 1.29 is 9.18 Å². The lowest BCUT2D eigenvalue weighted by molar-refractivity contribution is -0.120. The Bertz CT molecular complexity index is 853. The summed E-state index contributed by atoms with van der Waals surface area (Å²) in [5.74, 6) is -0.346. The molecular formula is C19H20FN3O. The smallest absolute Gasteiger partial charge is 0.224 e. The molecule has 0 bridgehead atoms. The number of benzene rings is 2. The van der Waals surface area contributed by atoms with Crippen molar-refractivity contribution in [2.45, 2.75) is 32.9 Å². The number of nitrogens with one attached hydrogen (secondary N) is 1. The maximum absolute atomic E-state index is 12.9. The summed E-state index contributed by atoms with van der Waals surface area (Å²) in [7, 11) is 0. The lowest BCUT2D eigenvalue weighted by Gasteiger charge is -2.08. The predicted octanol–water partition coefficient (Wildman–Crippen LogP) is 3.62. The van der Waals surface area contributed by atoms with Gasteiger partial charge >= 0.3 is 0 Å². The van der Waals surface area contributed by atoms with Gasteiger partial charge in [-0.25, -0.2) is 9.37 Å². The highest BCUT2D eigenvalue weighted by atomic mass is 19.1. The number of imidazole rings is 1. The van der Waals surface area contributed by atoms with Gasteiger partial charge in [0.1, 0.15) is 5.82 Å². The Hall–Kier alpha value is -2.69. The molecule has 0 atom stereocenters. The normalized spacial score (nSPS) is 11.2. The Labute approximate surface area is 140 Å². The van der Waals surface area contributed by atoms with Crippen LogP contribution in [0.5, 0.6) is 0 Å². The predicted molar refractivity (Wildman–Crippen MR) is 92.1 cm³/mol. The lowest BCUT2D eigenvalue weighted by Crippen LogP contribution is -2.24. The Balaban J connectivity index is 1.63. The fourth-order valence-corrected chi connectivity index (χ4v) is 2.65. The van der Waals surface area contributed by atoms with E-state index in [1.807, 2.05) is 24.5 Å². The first-order valence-corrected chi connectivity index (χ1v) is 7.99. The van der Waals surface area contributed by atoms with Crippen LogP contribution in [0.1, 0.15) is 31.0 Å². The zero-order valence-corrected chi connectivity index (χ0v) is 13.8. The zero-order chi connectivity index (χ0) is 17.1. The molecule has 0 fully saturated rings. The third kappa shape index (κ3) is 3.62. The first-order chi connectivity index (χ1) is 11.5. The molecule has 124 valence electrons. The van der Waals surface area contributed by atoms with Gasteiger partial charge in [-0.3, -0.25) is 4.79 Å². The Morgan fingerprint density at radius 1 is 1.17 bits per heavy atom. The minimum atomic E-state index is -0.279. The SMILES string of the molecule is CC(C)n1cnc2cc(CC(=O)NCc3ccc(F)cc3)ccc21. The Morgan fingerprint density at radius 3 is 2.58 bits per heavy atom. The highest BCUT2D eigenvalue weighted by molar-refractivity contribution is 5.81. The molecule has 0 saturated heterocycles. The number of fused-ring (bicyclic) bond motifs is 1. The van der Waals surface area contributed by atoms with Gasteiger partial charge in [0.05, 0.1) is 23.8 Å². The molecule has 5 heteroatoms. The minimum Gasteiger partial charge on any atom is -0.352 e. The van der Waals surface area contributed by atoms with Crippen LogP contribution in [0.3, 0.4) is 0 Å². The van der Waals surface area contributed by atoms with Crippen molar-refractivity contribution in [1.29, 1.82) is 0 Å². The largest absolute Gasteiger partial charge is 0.352 e. The summed E-state index contributed by atoms with van der Waals surface area (Å²) in [6.45, 7) is 4.61. The highest BCUT2D eigenvalue weighted by Crippen LogP contribution is 2.19. The Kier molecular flexibility index (Phi) is 4.60. The number of hydrogen-bond acceptors (Lipinski definition) is 2. The molecule has 24 heavy (non-hydrogen) atoms. The highest BCUT2D eigenvalue weighted by Gasteiger charge is 2.08. The van der Waals surface area contributed by atoms with Crippen molar-refractivity contribution >= 4 is 16.9 Å². The van der Waals surface area contributed by atoms with Crippen LogP contribution in [-0.4, -0.2) is 15.5 Å². The van der Waals surface area contributed by atoms with E-state index in [1.54, 1.807) is 12.1 Å². The van der Waals surface area contributed by atoms with E-state index >= 15 is 0 Å². The van der Waals surface area contributed by atoms with Gasteiger partial charge in [0.25, 0.3) is 0 Å². The molecule has 2 aromatic carbocycles. The van der Waals surface area contributed by atoms with Crippen molar-refractivity contribution in [3.63, 3.8) is 0 Å². The van der Waals surface area contributed by atoms with Crippen LogP contribution in [0, 0.1) is 5.82 Å². The summed E-state index contributed by atoms with van der Waals surface area (Å²) in [5.41, 5.74) is 3.76. The molecule has 0 aliphatic heterocycles. The fourth-order valence-electron chi connectivity index (χ4n) is 2.65. The monoisotopic (exact) mass is 325 g/mol. The summed E-state index contributed by atoms with van der Waals surface area (Å²) in [4.78, 5) is 16.5. The van der Waals surface area contributed by atoms with Crippen molar-refractivity contribution in [1.82, 2.24) is 14.9 Å². The molecule has 1 aromatic heterocycles. The Morgan fingerprint density at radius 2 is 1.88 bits per heavy atom. The maximum Gasteiger partial charge on any atom is 0.224 e. The number of amides is 1. The summed E-state index contributed by atoms with van der Waals surface area (Å²) in [6, 6.07) is 12.4. The number of aromatic nitrogens is 2. The molecule has 0 radical (unpaired) electrons. The van der Waals surface area contributed by atoms with Crippen LogP contribution < -0.4 is 5.32 Å². The molecule has 3 rings (SSSR count). The van der Waals surface area contributed by atoms with Gasteiger partial charge in [-0.1, -0.05) is 18.2 Å². The number of halogens is 1. The summed E-state index contributed by atoms with van der Waals surface area (Å²) in [6.07, 6.45) is 2.12. The molecule has 0 spiro atoms. The zero-order valence-electron chi connectivity index (χ0n) is 13.8. The van der Waals surface area contributed by atoms with Crippen LogP contribution in [0.15, 0.2) is 48.8 Å². The van der Waals surface area contributed by atoms with Crippen molar-refractivity contribution in [2.24, 2.45) is 0 Å². The minimum absolute atomic E-state index is 0.0676. The van der Waals surface area contributed by atoms with Crippen LogP contribution in [0.25, 0.3) is 11.0 Å². The molecule has 0 unspecified atom stereocenters. The molecule has 0 aliphatic carbocycles. The molecular weight excluding hydrogens is 305 g/mol. The van der Waals surface area contributed by atoms with Gasteiger partial charge in [-0.2, -0.15) is 0 Å². The third-order valence-electron chi connectivity index (χ3n) is 3.96. The molecule has 0 saturated carbocycles. The average Bonchev–Trinajstić information content (AvgIpc) is 2.97. The first-order valence-electron chi connectivity index (χ1n) is 7.99. The topological polar surface area (TPSA) is 46.9 Å². The van der Waals surface area contributed by atoms with E-state index in [-0.39, 0.29) is 11.7 Å². The summed E-state index contributed by atoms with van der Waals surface area (Å²) >= 11 is 0. The number of nitrogens with zero attached hydrogens (tertiary/aromatic N) is 2. The molecule has 1 amide bonds. The molecule has 0 aliphatic rings. The molecule has 1 N–H and O–H groups in total. The maximum atomic E-state index is 12.9. The standard InChI is InChI=1S/C19H20FN3O/c1-13(2)23-12-22-17-9-15(5-8-18(17)23)10-19(24)21-11-14-3-6-16(20)7-4-14/h3-9,12-13H,10-11H2,1-2H3,(H,21,24). The number of carbonyl (C=O) groups excluding carboxylic acids is 1. The second kappa shape index (κ2) is 6.83. The molecule has 4 nitrogen and oxygen atoms in total. The van der Waals surface area contributed by atoms with Gasteiger partial charge in [0.2, 0.25) is 5.91 Å². The first kappa shape index (κ1) is 16.2. The number of hydrogen-bond donors (Lipinski definition) is 1. The molecule has 3 aromatic rings. The average molecular weight is 325 g/mol. The lowest BCUT2D eigenvalue weighted by atomic mass is 10.1. The van der Waals surface area contributed by atoms with Crippen LogP contribution >= 0.6 is 0 Å². The fraction of sp³-hybridized carbons (Fsp3) is 0.263.